The molecule has 0 aliphatic carbocycles. The van der Waals surface area contributed by atoms with Crippen molar-refractivity contribution in [1.29, 1.82) is 0 Å². The van der Waals surface area contributed by atoms with Crippen molar-refractivity contribution in [3.05, 3.63) is 59.2 Å². The lowest BCUT2D eigenvalue weighted by Crippen LogP contribution is -2.31. The van der Waals surface area contributed by atoms with E-state index in [9.17, 15) is 18.0 Å². The Labute approximate surface area is 140 Å². The maximum Gasteiger partial charge on any atom is 0.264 e. The van der Waals surface area contributed by atoms with Gasteiger partial charge in [0, 0.05) is 6.54 Å². The minimum atomic E-state index is -3.84. The molecule has 1 aliphatic heterocycles. The summed E-state index contributed by atoms with van der Waals surface area (Å²) in [6, 6.07) is 11.1. The molecule has 0 radical (unpaired) electrons. The Morgan fingerprint density at radius 2 is 1.71 bits per heavy atom. The van der Waals surface area contributed by atoms with Crippen LogP contribution in [-0.2, 0) is 10.0 Å². The lowest BCUT2D eigenvalue weighted by Gasteiger charge is -2.23. The summed E-state index contributed by atoms with van der Waals surface area (Å²) in [6.45, 7) is 3.87. The highest BCUT2D eigenvalue weighted by Gasteiger charge is 2.30. The monoisotopic (exact) mass is 344 g/mol. The number of sulfonamides is 1. The number of aryl methyl sites for hydroxylation is 1. The first-order chi connectivity index (χ1) is 11.3. The molecule has 2 aromatic rings. The molecule has 1 heterocycles. The minimum absolute atomic E-state index is 0.0190. The van der Waals surface area contributed by atoms with Crippen LogP contribution in [0.25, 0.3) is 0 Å². The number of fused-ring (bicyclic) bond motifs is 1. The molecule has 0 bridgehead atoms. The highest BCUT2D eigenvalue weighted by Crippen LogP contribution is 2.27. The SMILES string of the molecule is CCN(c1cccc(C)c1)S(=O)(=O)c1ccc2c(c1)C(=O)NC2=O. The summed E-state index contributed by atoms with van der Waals surface area (Å²) in [4.78, 5) is 23.3. The van der Waals surface area contributed by atoms with Gasteiger partial charge in [0.2, 0.25) is 0 Å². The van der Waals surface area contributed by atoms with E-state index in [2.05, 4.69) is 5.32 Å². The molecule has 0 spiro atoms. The topological polar surface area (TPSA) is 83.6 Å². The van der Waals surface area contributed by atoms with Crippen molar-refractivity contribution in [2.24, 2.45) is 0 Å². The fourth-order valence-electron chi connectivity index (χ4n) is 2.71. The van der Waals surface area contributed by atoms with Gasteiger partial charge in [0.25, 0.3) is 21.8 Å². The summed E-state index contributed by atoms with van der Waals surface area (Å²) in [7, 11) is -3.84. The van der Waals surface area contributed by atoms with E-state index in [-0.39, 0.29) is 22.6 Å². The number of anilines is 1. The first kappa shape index (κ1) is 16.2. The first-order valence-electron chi connectivity index (χ1n) is 7.43. The van der Waals surface area contributed by atoms with Crippen LogP contribution in [0.15, 0.2) is 47.4 Å². The van der Waals surface area contributed by atoms with Crippen molar-refractivity contribution in [1.82, 2.24) is 5.32 Å². The molecule has 3 rings (SSSR count). The average molecular weight is 344 g/mol. The number of carbonyl (C=O) groups is 2. The largest absolute Gasteiger partial charge is 0.288 e. The fourth-order valence-corrected chi connectivity index (χ4v) is 4.20. The van der Waals surface area contributed by atoms with Crippen LogP contribution in [0.5, 0.6) is 0 Å². The zero-order valence-corrected chi connectivity index (χ0v) is 14.1. The van der Waals surface area contributed by atoms with Gasteiger partial charge in [0.05, 0.1) is 21.7 Å². The van der Waals surface area contributed by atoms with Crippen LogP contribution in [0.1, 0.15) is 33.2 Å². The molecule has 2 aromatic carbocycles. The Hall–Kier alpha value is -2.67. The molecule has 6 nitrogen and oxygen atoms in total. The number of hydrogen-bond donors (Lipinski definition) is 1. The third-order valence-electron chi connectivity index (χ3n) is 3.87. The zero-order chi connectivity index (χ0) is 17.5. The normalized spacial score (nSPS) is 13.6. The molecule has 24 heavy (non-hydrogen) atoms. The van der Waals surface area contributed by atoms with Crippen molar-refractivity contribution in [3.63, 3.8) is 0 Å². The Bertz CT molecular complexity index is 951. The van der Waals surface area contributed by atoms with E-state index in [0.29, 0.717) is 5.69 Å². The second-order valence-corrected chi connectivity index (χ2v) is 7.36. The number of imide groups is 1. The van der Waals surface area contributed by atoms with E-state index in [0.717, 1.165) is 5.56 Å². The molecule has 1 N–H and O–H groups in total. The molecule has 0 aromatic heterocycles. The van der Waals surface area contributed by atoms with Crippen LogP contribution in [0.2, 0.25) is 0 Å². The summed E-state index contributed by atoms with van der Waals surface area (Å²) in [5.41, 5.74) is 1.78. The van der Waals surface area contributed by atoms with Crippen LogP contribution in [0, 0.1) is 6.92 Å². The van der Waals surface area contributed by atoms with Crippen LogP contribution in [0.3, 0.4) is 0 Å². The zero-order valence-electron chi connectivity index (χ0n) is 13.2. The van der Waals surface area contributed by atoms with Crippen molar-refractivity contribution < 1.29 is 18.0 Å². The Morgan fingerprint density at radius 1 is 1.00 bits per heavy atom. The predicted molar refractivity (Wildman–Crippen MR) is 89.6 cm³/mol. The van der Waals surface area contributed by atoms with E-state index >= 15 is 0 Å². The van der Waals surface area contributed by atoms with Crippen molar-refractivity contribution in [2.45, 2.75) is 18.7 Å². The third-order valence-corrected chi connectivity index (χ3v) is 5.77. The summed E-state index contributed by atoms with van der Waals surface area (Å²) in [5, 5.41) is 2.16. The maximum atomic E-state index is 13.0. The molecule has 1 aliphatic rings. The van der Waals surface area contributed by atoms with Gasteiger partial charge in [-0.1, -0.05) is 12.1 Å². The summed E-state index contributed by atoms with van der Waals surface area (Å²) in [5.74, 6) is -1.09. The van der Waals surface area contributed by atoms with Crippen LogP contribution < -0.4 is 9.62 Å². The second kappa shape index (κ2) is 5.76. The Morgan fingerprint density at radius 3 is 2.38 bits per heavy atom. The van der Waals surface area contributed by atoms with Gasteiger partial charge in [0.15, 0.2) is 0 Å². The summed E-state index contributed by atoms with van der Waals surface area (Å²) < 4.78 is 27.2. The van der Waals surface area contributed by atoms with Gasteiger partial charge < -0.3 is 0 Å². The van der Waals surface area contributed by atoms with Gasteiger partial charge in [-0.15, -0.1) is 0 Å². The lowest BCUT2D eigenvalue weighted by atomic mass is 10.1. The number of carbonyl (C=O) groups excluding carboxylic acids is 2. The van der Waals surface area contributed by atoms with Crippen molar-refractivity contribution in [2.75, 3.05) is 10.8 Å². The van der Waals surface area contributed by atoms with Crippen molar-refractivity contribution >= 4 is 27.5 Å². The third kappa shape index (κ3) is 2.56. The van der Waals surface area contributed by atoms with Gasteiger partial charge in [0.1, 0.15) is 0 Å². The number of hydrogen-bond acceptors (Lipinski definition) is 4. The van der Waals surface area contributed by atoms with E-state index in [1.165, 1.54) is 22.5 Å². The number of amides is 2. The van der Waals surface area contributed by atoms with E-state index in [1.807, 2.05) is 13.0 Å². The molecule has 7 heteroatoms. The molecular formula is C17H16N2O4S. The van der Waals surface area contributed by atoms with Gasteiger partial charge >= 0.3 is 0 Å². The lowest BCUT2D eigenvalue weighted by molar-refractivity contribution is 0.0879. The number of rotatable bonds is 4. The molecule has 0 fully saturated rings. The Balaban J connectivity index is 2.09. The summed E-state index contributed by atoms with van der Waals surface area (Å²) in [6.07, 6.45) is 0. The molecule has 0 unspecified atom stereocenters. The maximum absolute atomic E-state index is 13.0. The van der Waals surface area contributed by atoms with Gasteiger partial charge in [-0.3, -0.25) is 19.2 Å². The average Bonchev–Trinajstić information content (AvgIpc) is 2.82. The molecule has 0 atom stereocenters. The van der Waals surface area contributed by atoms with Gasteiger partial charge in [-0.2, -0.15) is 0 Å². The number of benzene rings is 2. The van der Waals surface area contributed by atoms with Crippen LogP contribution in [-0.4, -0.2) is 26.8 Å². The standard InChI is InChI=1S/C17H16N2O4S/c1-3-19(12-6-4-5-11(2)9-12)24(22,23)13-7-8-14-15(10-13)17(21)18-16(14)20/h4-10H,3H2,1-2H3,(H,18,20,21). The van der Waals surface area contributed by atoms with Crippen molar-refractivity contribution in [3.8, 4) is 0 Å². The van der Waals surface area contributed by atoms with Gasteiger partial charge in [-0.05, 0) is 49.7 Å². The highest BCUT2D eigenvalue weighted by molar-refractivity contribution is 7.92. The molecule has 0 saturated carbocycles. The highest BCUT2D eigenvalue weighted by atomic mass is 32.2. The van der Waals surface area contributed by atoms with E-state index in [1.54, 1.807) is 25.1 Å². The molecule has 0 saturated heterocycles. The quantitative estimate of drug-likeness (QED) is 0.861. The smallest absolute Gasteiger partial charge is 0.264 e. The molecule has 2 amide bonds. The molecule has 124 valence electrons. The first-order valence-corrected chi connectivity index (χ1v) is 8.87. The Kier molecular flexibility index (Phi) is 3.88. The summed E-state index contributed by atoms with van der Waals surface area (Å²) >= 11 is 0. The minimum Gasteiger partial charge on any atom is -0.288 e. The second-order valence-electron chi connectivity index (χ2n) is 5.50. The van der Waals surface area contributed by atoms with Gasteiger partial charge in [-0.25, -0.2) is 8.42 Å². The molecular weight excluding hydrogens is 328 g/mol. The van der Waals surface area contributed by atoms with Crippen LogP contribution >= 0.6 is 0 Å². The fraction of sp³-hybridized carbons (Fsp3) is 0.176. The van der Waals surface area contributed by atoms with Crippen LogP contribution in [0.4, 0.5) is 5.69 Å². The van der Waals surface area contributed by atoms with E-state index < -0.39 is 21.8 Å². The predicted octanol–water partition coefficient (Wildman–Crippen LogP) is 2.09. The number of nitrogens with zero attached hydrogens (tertiary/aromatic N) is 1. The van der Waals surface area contributed by atoms with E-state index in [4.69, 9.17) is 0 Å². The number of nitrogens with one attached hydrogen (secondary N) is 1.